The second-order valence-electron chi connectivity index (χ2n) is 5.99. The zero-order valence-electron chi connectivity index (χ0n) is 14.6. The van der Waals surface area contributed by atoms with Crippen molar-refractivity contribution in [2.75, 3.05) is 31.8 Å². The molecule has 1 aromatic rings. The lowest BCUT2D eigenvalue weighted by Gasteiger charge is -2.26. The summed E-state index contributed by atoms with van der Waals surface area (Å²) in [5, 5.41) is 12.0. The molecule has 140 valence electrons. The highest BCUT2D eigenvalue weighted by molar-refractivity contribution is 7.91. The Morgan fingerprint density at radius 1 is 1.58 bits per heavy atom. The highest BCUT2D eigenvalue weighted by Crippen LogP contribution is 2.19. The third-order valence-electron chi connectivity index (χ3n) is 4.07. The van der Waals surface area contributed by atoms with Crippen LogP contribution in [0, 0.1) is 11.3 Å². The van der Waals surface area contributed by atoms with Gasteiger partial charge in [0.25, 0.3) is 5.91 Å². The first-order chi connectivity index (χ1) is 12.4. The molecule has 1 unspecified atom stereocenters. The Bertz CT molecular complexity index is 787. The van der Waals surface area contributed by atoms with Crippen LogP contribution in [0.3, 0.4) is 0 Å². The number of nitriles is 1. The molecule has 0 aliphatic carbocycles. The summed E-state index contributed by atoms with van der Waals surface area (Å²) in [6, 6.07) is 5.21. The van der Waals surface area contributed by atoms with Crippen LogP contribution in [-0.4, -0.2) is 62.0 Å². The van der Waals surface area contributed by atoms with Crippen LogP contribution < -0.4 is 5.32 Å². The summed E-state index contributed by atoms with van der Waals surface area (Å²) in [7, 11) is -1.54. The molecular weight excluding hydrogens is 356 g/mol. The lowest BCUT2D eigenvalue weighted by molar-refractivity contribution is -0.117. The van der Waals surface area contributed by atoms with E-state index in [0.29, 0.717) is 19.6 Å². The van der Waals surface area contributed by atoms with Crippen molar-refractivity contribution < 1.29 is 17.9 Å². The minimum Gasteiger partial charge on any atom is -0.383 e. The Labute approximate surface area is 153 Å². The molecule has 9 heteroatoms. The van der Waals surface area contributed by atoms with Gasteiger partial charge in [-0.25, -0.2) is 8.42 Å². The fourth-order valence-corrected chi connectivity index (χ4v) is 4.41. The zero-order valence-corrected chi connectivity index (χ0v) is 15.4. The number of aromatic nitrogens is 1. The summed E-state index contributed by atoms with van der Waals surface area (Å²) in [6.07, 6.45) is 5.17. The van der Waals surface area contributed by atoms with E-state index >= 15 is 0 Å². The predicted octanol–water partition coefficient (Wildman–Crippen LogP) is 0.241. The van der Waals surface area contributed by atoms with Crippen LogP contribution in [0.1, 0.15) is 12.0 Å². The maximum atomic E-state index is 12.3. The van der Waals surface area contributed by atoms with Gasteiger partial charge < -0.3 is 15.0 Å². The highest BCUT2D eigenvalue weighted by Gasteiger charge is 2.31. The number of nitrogens with one attached hydrogen (secondary N) is 1. The predicted molar refractivity (Wildman–Crippen MR) is 95.4 cm³/mol. The summed E-state index contributed by atoms with van der Waals surface area (Å²) in [4.78, 5) is 18.0. The van der Waals surface area contributed by atoms with Crippen molar-refractivity contribution in [2.24, 2.45) is 0 Å². The third-order valence-corrected chi connectivity index (χ3v) is 5.82. The maximum Gasteiger partial charge on any atom is 0.263 e. The summed E-state index contributed by atoms with van der Waals surface area (Å²) in [6.45, 7) is 1.02. The van der Waals surface area contributed by atoms with Gasteiger partial charge in [-0.05, 0) is 18.1 Å². The average molecular weight is 378 g/mol. The molecule has 1 aliphatic rings. The number of hydrogen-bond donors (Lipinski definition) is 1. The first-order valence-corrected chi connectivity index (χ1v) is 10.0. The molecule has 1 saturated heterocycles. The molecule has 1 amide bonds. The van der Waals surface area contributed by atoms with Crippen molar-refractivity contribution in [3.05, 3.63) is 41.9 Å². The van der Waals surface area contributed by atoms with Gasteiger partial charge in [0, 0.05) is 44.8 Å². The van der Waals surface area contributed by atoms with E-state index in [-0.39, 0.29) is 29.7 Å². The Kier molecular flexibility index (Phi) is 7.12. The molecule has 0 bridgehead atoms. The zero-order chi connectivity index (χ0) is 19.0. The van der Waals surface area contributed by atoms with E-state index < -0.39 is 15.7 Å². The molecule has 26 heavy (non-hydrogen) atoms. The van der Waals surface area contributed by atoms with E-state index in [9.17, 15) is 18.5 Å². The van der Waals surface area contributed by atoms with E-state index in [1.54, 1.807) is 30.5 Å². The Balaban J connectivity index is 2.08. The Morgan fingerprint density at radius 2 is 2.38 bits per heavy atom. The second kappa shape index (κ2) is 9.31. The van der Waals surface area contributed by atoms with Crippen LogP contribution in [0.15, 0.2) is 36.3 Å². The fourth-order valence-electron chi connectivity index (χ4n) is 2.67. The largest absolute Gasteiger partial charge is 0.383 e. The van der Waals surface area contributed by atoms with Crippen LogP contribution >= 0.6 is 0 Å². The molecule has 1 N–H and O–H groups in total. The molecule has 8 nitrogen and oxygen atoms in total. The van der Waals surface area contributed by atoms with E-state index in [4.69, 9.17) is 4.74 Å². The van der Waals surface area contributed by atoms with Gasteiger partial charge in [0.2, 0.25) is 0 Å². The maximum absolute atomic E-state index is 12.3. The standard InChI is InChI=1S/C17H22N4O4S/c1-25-7-6-21(16-4-8-26(23,24)13-16)12-15(9-18)17(22)20-11-14-3-2-5-19-10-14/h2-3,5,10,12,16H,4,6-8,11,13H2,1H3,(H,20,22)/b15-12-. The lowest BCUT2D eigenvalue weighted by Crippen LogP contribution is -2.36. The van der Waals surface area contributed by atoms with Crippen molar-refractivity contribution in [2.45, 2.75) is 19.0 Å². The smallest absolute Gasteiger partial charge is 0.263 e. The highest BCUT2D eigenvalue weighted by atomic mass is 32.2. The Morgan fingerprint density at radius 3 is 2.96 bits per heavy atom. The number of methoxy groups -OCH3 is 1. The van der Waals surface area contributed by atoms with Gasteiger partial charge in [-0.1, -0.05) is 6.07 Å². The minimum absolute atomic E-state index is 0.0171. The van der Waals surface area contributed by atoms with Crippen molar-refractivity contribution in [1.82, 2.24) is 15.2 Å². The number of ether oxygens (including phenoxy) is 1. The van der Waals surface area contributed by atoms with Crippen molar-refractivity contribution in [3.8, 4) is 6.07 Å². The number of nitrogens with zero attached hydrogens (tertiary/aromatic N) is 3. The average Bonchev–Trinajstić information content (AvgIpc) is 3.00. The fraction of sp³-hybridized carbons (Fsp3) is 0.471. The van der Waals surface area contributed by atoms with Crippen LogP contribution in [0.25, 0.3) is 0 Å². The molecule has 1 atom stereocenters. The number of pyridine rings is 1. The van der Waals surface area contributed by atoms with E-state index in [2.05, 4.69) is 10.3 Å². The van der Waals surface area contributed by atoms with E-state index in [1.807, 2.05) is 12.1 Å². The van der Waals surface area contributed by atoms with Gasteiger partial charge in [0.05, 0.1) is 18.1 Å². The molecule has 2 heterocycles. The van der Waals surface area contributed by atoms with Gasteiger partial charge >= 0.3 is 0 Å². The van der Waals surface area contributed by atoms with Gasteiger partial charge in [0.15, 0.2) is 9.84 Å². The Hall–Kier alpha value is -2.44. The van der Waals surface area contributed by atoms with Crippen LogP contribution in [0.5, 0.6) is 0 Å². The number of carbonyl (C=O) groups excluding carboxylic acids is 1. The van der Waals surface area contributed by atoms with Gasteiger partial charge in [-0.3, -0.25) is 9.78 Å². The molecule has 1 fully saturated rings. The number of rotatable bonds is 8. The molecule has 0 saturated carbocycles. The topological polar surface area (TPSA) is 112 Å². The van der Waals surface area contributed by atoms with Gasteiger partial charge in [-0.2, -0.15) is 5.26 Å². The van der Waals surface area contributed by atoms with Crippen LogP contribution in [0.4, 0.5) is 0 Å². The van der Waals surface area contributed by atoms with E-state index in [0.717, 1.165) is 5.56 Å². The summed E-state index contributed by atoms with van der Waals surface area (Å²) < 4.78 is 28.5. The molecule has 1 aliphatic heterocycles. The lowest BCUT2D eigenvalue weighted by atomic mass is 10.2. The first-order valence-electron chi connectivity index (χ1n) is 8.19. The van der Waals surface area contributed by atoms with E-state index in [1.165, 1.54) is 6.20 Å². The molecule has 1 aromatic heterocycles. The molecule has 2 rings (SSSR count). The van der Waals surface area contributed by atoms with Crippen LogP contribution in [-0.2, 0) is 25.9 Å². The van der Waals surface area contributed by atoms with Crippen LogP contribution in [0.2, 0.25) is 0 Å². The SMILES string of the molecule is COCCN(/C=C(/C#N)C(=O)NCc1cccnc1)C1CCS(=O)(=O)C1. The van der Waals surface area contributed by atoms with Gasteiger partial charge in [-0.15, -0.1) is 0 Å². The van der Waals surface area contributed by atoms with Crippen molar-refractivity contribution in [3.63, 3.8) is 0 Å². The minimum atomic E-state index is -3.08. The van der Waals surface area contributed by atoms with Crippen molar-refractivity contribution >= 4 is 15.7 Å². The summed E-state index contributed by atoms with van der Waals surface area (Å²) >= 11 is 0. The summed E-state index contributed by atoms with van der Waals surface area (Å²) in [5.74, 6) is -0.382. The molecule has 0 radical (unpaired) electrons. The van der Waals surface area contributed by atoms with Crippen molar-refractivity contribution in [1.29, 1.82) is 5.26 Å². The molecule has 0 aromatic carbocycles. The first kappa shape index (κ1) is 19.9. The molecule has 0 spiro atoms. The number of carbonyl (C=O) groups is 1. The quantitative estimate of drug-likeness (QED) is 0.509. The summed E-state index contributed by atoms with van der Waals surface area (Å²) in [5.41, 5.74) is 0.741. The molecular formula is C17H22N4O4S. The monoisotopic (exact) mass is 378 g/mol. The second-order valence-corrected chi connectivity index (χ2v) is 8.21. The third kappa shape index (κ3) is 5.82. The normalized spacial score (nSPS) is 18.9. The number of sulfone groups is 1. The number of amides is 1. The number of hydrogen-bond acceptors (Lipinski definition) is 7. The van der Waals surface area contributed by atoms with Gasteiger partial charge in [0.1, 0.15) is 11.6 Å².